The summed E-state index contributed by atoms with van der Waals surface area (Å²) < 4.78 is 5.28. The lowest BCUT2D eigenvalue weighted by atomic mass is 10.2. The third-order valence-electron chi connectivity index (χ3n) is 3.06. The Labute approximate surface area is 122 Å². The summed E-state index contributed by atoms with van der Waals surface area (Å²) in [6.45, 7) is 5.93. The number of morpholine rings is 1. The molecule has 1 aliphatic heterocycles. The van der Waals surface area contributed by atoms with E-state index in [1.54, 1.807) is 0 Å². The lowest BCUT2D eigenvalue weighted by molar-refractivity contribution is -0.384. The number of pyridine rings is 1. The lowest BCUT2D eigenvalue weighted by Gasteiger charge is -2.29. The maximum absolute atomic E-state index is 11.0. The first-order valence-corrected chi connectivity index (χ1v) is 6.81. The van der Waals surface area contributed by atoms with E-state index in [2.05, 4.69) is 15.2 Å². The molecule has 2 heterocycles. The van der Waals surface area contributed by atoms with Gasteiger partial charge in [0, 0.05) is 31.7 Å². The Morgan fingerprint density at radius 1 is 1.55 bits per heavy atom. The van der Waals surface area contributed by atoms with E-state index in [4.69, 9.17) is 16.3 Å². The van der Waals surface area contributed by atoms with Crippen molar-refractivity contribution in [3.63, 3.8) is 0 Å². The Morgan fingerprint density at radius 3 is 2.90 bits per heavy atom. The topological polar surface area (TPSA) is 80.5 Å². The molecule has 110 valence electrons. The van der Waals surface area contributed by atoms with Gasteiger partial charge >= 0.3 is 5.69 Å². The summed E-state index contributed by atoms with van der Waals surface area (Å²) in [7, 11) is 0. The van der Waals surface area contributed by atoms with E-state index in [1.807, 2.05) is 6.92 Å². The molecule has 0 spiro atoms. The first kappa shape index (κ1) is 15.0. The highest BCUT2D eigenvalue weighted by Gasteiger charge is 2.19. The minimum Gasteiger partial charge on any atom is -0.379 e. The number of hydrogen-bond acceptors (Lipinski definition) is 6. The van der Waals surface area contributed by atoms with Crippen LogP contribution in [0.4, 0.5) is 11.5 Å². The molecule has 7 nitrogen and oxygen atoms in total. The minimum absolute atomic E-state index is 0.0257. The van der Waals surface area contributed by atoms with E-state index >= 15 is 0 Å². The van der Waals surface area contributed by atoms with E-state index in [1.165, 1.54) is 12.1 Å². The molecular weight excluding hydrogens is 284 g/mol. The highest BCUT2D eigenvalue weighted by Crippen LogP contribution is 2.24. The van der Waals surface area contributed by atoms with Crippen molar-refractivity contribution in [2.75, 3.05) is 38.2 Å². The molecule has 0 amide bonds. The average Bonchev–Trinajstić information content (AvgIpc) is 2.39. The monoisotopic (exact) mass is 300 g/mol. The molecule has 8 heteroatoms. The molecule has 0 saturated carbocycles. The first-order valence-electron chi connectivity index (χ1n) is 6.44. The summed E-state index contributed by atoms with van der Waals surface area (Å²) in [5, 5.41) is 14.3. The molecule has 1 saturated heterocycles. The molecule has 0 aromatic carbocycles. The van der Waals surface area contributed by atoms with Crippen molar-refractivity contribution in [2.24, 2.45) is 0 Å². The molecule has 1 N–H and O–H groups in total. The van der Waals surface area contributed by atoms with Crippen molar-refractivity contribution in [3.8, 4) is 0 Å². The standard InChI is InChI=1S/C12H17ClN4O3/c1-9(8-16-4-6-20-7-5-16)14-12-10(17(18)19)2-3-11(13)15-12/h2-3,9H,4-8H2,1H3,(H,14,15). The number of nitro groups is 1. The summed E-state index contributed by atoms with van der Waals surface area (Å²) in [4.78, 5) is 16.7. The van der Waals surface area contributed by atoms with Crippen LogP contribution in [0.5, 0.6) is 0 Å². The molecule has 0 radical (unpaired) electrons. The van der Waals surface area contributed by atoms with Crippen LogP contribution in [-0.4, -0.2) is 53.7 Å². The van der Waals surface area contributed by atoms with Gasteiger partial charge in [0.05, 0.1) is 18.1 Å². The van der Waals surface area contributed by atoms with Gasteiger partial charge in [-0.1, -0.05) is 11.6 Å². The number of aromatic nitrogens is 1. The minimum atomic E-state index is -0.465. The molecule has 1 aliphatic rings. The van der Waals surface area contributed by atoms with Crippen LogP contribution in [-0.2, 0) is 4.74 Å². The Kier molecular flexibility index (Phi) is 5.11. The second kappa shape index (κ2) is 6.83. The van der Waals surface area contributed by atoms with Crippen LogP contribution in [0.3, 0.4) is 0 Å². The summed E-state index contributed by atoms with van der Waals surface area (Å²) in [5.41, 5.74) is -0.0665. The van der Waals surface area contributed by atoms with Gasteiger partial charge in [-0.25, -0.2) is 4.98 Å². The Balaban J connectivity index is 2.00. The highest BCUT2D eigenvalue weighted by molar-refractivity contribution is 6.29. The van der Waals surface area contributed by atoms with Crippen LogP contribution in [0.15, 0.2) is 12.1 Å². The second-order valence-electron chi connectivity index (χ2n) is 4.72. The summed E-state index contributed by atoms with van der Waals surface area (Å²) >= 11 is 5.80. The van der Waals surface area contributed by atoms with Crippen molar-refractivity contribution in [3.05, 3.63) is 27.4 Å². The van der Waals surface area contributed by atoms with E-state index < -0.39 is 4.92 Å². The van der Waals surface area contributed by atoms with Crippen LogP contribution in [0.2, 0.25) is 5.15 Å². The van der Waals surface area contributed by atoms with Crippen LogP contribution < -0.4 is 5.32 Å². The fourth-order valence-corrected chi connectivity index (χ4v) is 2.28. The predicted molar refractivity (Wildman–Crippen MR) is 76.2 cm³/mol. The molecule has 1 fully saturated rings. The van der Waals surface area contributed by atoms with Crippen LogP contribution >= 0.6 is 11.6 Å². The zero-order valence-corrected chi connectivity index (χ0v) is 12.0. The molecule has 1 unspecified atom stereocenters. The third-order valence-corrected chi connectivity index (χ3v) is 3.27. The summed E-state index contributed by atoms with van der Waals surface area (Å²) in [6.07, 6.45) is 0. The number of rotatable bonds is 5. The maximum Gasteiger partial charge on any atom is 0.311 e. The van der Waals surface area contributed by atoms with Gasteiger partial charge in [-0.05, 0) is 13.0 Å². The van der Waals surface area contributed by atoms with Gasteiger partial charge in [0.2, 0.25) is 5.82 Å². The number of halogens is 1. The molecule has 0 aliphatic carbocycles. The van der Waals surface area contributed by atoms with Crippen molar-refractivity contribution >= 4 is 23.1 Å². The molecule has 0 bridgehead atoms. The normalized spacial score (nSPS) is 17.7. The van der Waals surface area contributed by atoms with Crippen LogP contribution in [0.1, 0.15) is 6.92 Å². The Bertz CT molecular complexity index is 480. The van der Waals surface area contributed by atoms with Gasteiger partial charge in [0.25, 0.3) is 0 Å². The lowest BCUT2D eigenvalue weighted by Crippen LogP contribution is -2.42. The van der Waals surface area contributed by atoms with Gasteiger partial charge in [-0.3, -0.25) is 15.0 Å². The summed E-state index contributed by atoms with van der Waals surface area (Å²) in [6, 6.07) is 2.80. The van der Waals surface area contributed by atoms with E-state index in [0.717, 1.165) is 32.8 Å². The Hall–Kier alpha value is -1.44. The molecule has 1 aromatic heterocycles. The smallest absolute Gasteiger partial charge is 0.311 e. The molecule has 2 rings (SSSR count). The van der Waals surface area contributed by atoms with E-state index in [9.17, 15) is 10.1 Å². The van der Waals surface area contributed by atoms with Crippen molar-refractivity contribution < 1.29 is 9.66 Å². The number of ether oxygens (including phenoxy) is 1. The quantitative estimate of drug-likeness (QED) is 0.507. The number of nitrogens with one attached hydrogen (secondary N) is 1. The SMILES string of the molecule is CC(CN1CCOCC1)Nc1nc(Cl)ccc1[N+](=O)[O-]. The van der Waals surface area contributed by atoms with Gasteiger partial charge in [-0.2, -0.15) is 0 Å². The fourth-order valence-electron chi connectivity index (χ4n) is 2.13. The summed E-state index contributed by atoms with van der Waals surface area (Å²) in [5.74, 6) is 0.211. The molecule has 1 aromatic rings. The van der Waals surface area contributed by atoms with Gasteiger partial charge in [0.1, 0.15) is 5.15 Å². The number of anilines is 1. The van der Waals surface area contributed by atoms with Crippen molar-refractivity contribution in [1.29, 1.82) is 0 Å². The fraction of sp³-hybridized carbons (Fsp3) is 0.583. The average molecular weight is 301 g/mol. The van der Waals surface area contributed by atoms with Crippen molar-refractivity contribution in [1.82, 2.24) is 9.88 Å². The maximum atomic E-state index is 11.0. The molecule has 20 heavy (non-hydrogen) atoms. The predicted octanol–water partition coefficient (Wildman–Crippen LogP) is 1.78. The number of hydrogen-bond donors (Lipinski definition) is 1. The molecule has 1 atom stereocenters. The highest BCUT2D eigenvalue weighted by atomic mass is 35.5. The first-order chi connectivity index (χ1) is 9.56. The van der Waals surface area contributed by atoms with Gasteiger partial charge in [-0.15, -0.1) is 0 Å². The van der Waals surface area contributed by atoms with Crippen LogP contribution in [0, 0.1) is 10.1 Å². The number of nitrogens with zero attached hydrogens (tertiary/aromatic N) is 3. The third kappa shape index (κ3) is 4.03. The van der Waals surface area contributed by atoms with Gasteiger partial charge in [0.15, 0.2) is 0 Å². The van der Waals surface area contributed by atoms with Crippen LogP contribution in [0.25, 0.3) is 0 Å². The Morgan fingerprint density at radius 2 is 2.25 bits per heavy atom. The van der Waals surface area contributed by atoms with Gasteiger partial charge < -0.3 is 10.1 Å². The molecular formula is C12H17ClN4O3. The zero-order chi connectivity index (χ0) is 14.5. The second-order valence-corrected chi connectivity index (χ2v) is 5.10. The van der Waals surface area contributed by atoms with E-state index in [0.29, 0.717) is 0 Å². The largest absolute Gasteiger partial charge is 0.379 e. The zero-order valence-electron chi connectivity index (χ0n) is 11.2. The van der Waals surface area contributed by atoms with Crippen molar-refractivity contribution in [2.45, 2.75) is 13.0 Å². The van der Waals surface area contributed by atoms with E-state index in [-0.39, 0.29) is 22.7 Å².